The van der Waals surface area contributed by atoms with Gasteiger partial charge in [0.25, 0.3) is 0 Å². The molecule has 0 fully saturated rings. The number of hydrogen-bond acceptors (Lipinski definition) is 2. The molecular weight excluding hydrogens is 224 g/mol. The second-order valence-corrected chi connectivity index (χ2v) is 4.34. The van der Waals surface area contributed by atoms with Gasteiger partial charge in [-0.3, -0.25) is 0 Å². The molecule has 18 heavy (non-hydrogen) atoms. The summed E-state index contributed by atoms with van der Waals surface area (Å²) >= 11 is 0. The first-order chi connectivity index (χ1) is 8.69. The Labute approximate surface area is 108 Å². The van der Waals surface area contributed by atoms with Crippen LogP contribution >= 0.6 is 0 Å². The predicted molar refractivity (Wildman–Crippen MR) is 73.0 cm³/mol. The fourth-order valence-electron chi connectivity index (χ4n) is 1.74. The van der Waals surface area contributed by atoms with Crippen LogP contribution < -0.4 is 4.74 Å². The predicted octanol–water partition coefficient (Wildman–Crippen LogP) is 4.09. The smallest absolute Gasteiger partial charge is 0.127 e. The van der Waals surface area contributed by atoms with Gasteiger partial charge in [0.15, 0.2) is 0 Å². The molecule has 0 amide bonds. The first-order valence-corrected chi connectivity index (χ1v) is 6.24. The first-order valence-electron chi connectivity index (χ1n) is 6.24. The van der Waals surface area contributed by atoms with E-state index in [1.807, 2.05) is 36.4 Å². The molecule has 2 heteroatoms. The van der Waals surface area contributed by atoms with Crippen molar-refractivity contribution >= 4 is 0 Å². The number of aryl methyl sites for hydroxylation is 1. The molecule has 0 radical (unpaired) electrons. The summed E-state index contributed by atoms with van der Waals surface area (Å²) in [5, 5.41) is 9.42. The van der Waals surface area contributed by atoms with E-state index >= 15 is 0 Å². The van der Waals surface area contributed by atoms with Gasteiger partial charge in [0, 0.05) is 0 Å². The zero-order valence-electron chi connectivity index (χ0n) is 10.8. The molecule has 0 bridgehead atoms. The number of aliphatic hydroxyl groups excluding tert-OH is 1. The second kappa shape index (κ2) is 5.69. The SMILES string of the molecule is CCc1ccc(Oc2ccc(C(C)O)cc2)cc1. The molecule has 0 spiro atoms. The van der Waals surface area contributed by atoms with E-state index in [4.69, 9.17) is 4.74 Å². The number of ether oxygens (including phenoxy) is 1. The maximum absolute atomic E-state index is 9.42. The van der Waals surface area contributed by atoms with Crippen LogP contribution in [0.4, 0.5) is 0 Å². The van der Waals surface area contributed by atoms with Crippen molar-refractivity contribution in [3.63, 3.8) is 0 Å². The molecule has 2 nitrogen and oxygen atoms in total. The molecule has 0 aliphatic rings. The van der Waals surface area contributed by atoms with Gasteiger partial charge < -0.3 is 9.84 Å². The van der Waals surface area contributed by atoms with Crippen LogP contribution in [0.3, 0.4) is 0 Å². The van der Waals surface area contributed by atoms with Crippen molar-refractivity contribution in [3.05, 3.63) is 59.7 Å². The average molecular weight is 242 g/mol. The van der Waals surface area contributed by atoms with E-state index in [1.54, 1.807) is 6.92 Å². The number of hydrogen-bond donors (Lipinski definition) is 1. The Hall–Kier alpha value is -1.80. The lowest BCUT2D eigenvalue weighted by molar-refractivity contribution is 0.199. The lowest BCUT2D eigenvalue weighted by atomic mass is 10.1. The van der Waals surface area contributed by atoms with E-state index in [9.17, 15) is 5.11 Å². The average Bonchev–Trinajstić information content (AvgIpc) is 2.40. The molecule has 1 atom stereocenters. The van der Waals surface area contributed by atoms with E-state index < -0.39 is 6.10 Å². The van der Waals surface area contributed by atoms with Gasteiger partial charge in [-0.05, 0) is 48.7 Å². The Morgan fingerprint density at radius 2 is 1.44 bits per heavy atom. The minimum atomic E-state index is -0.442. The molecule has 2 aromatic rings. The molecule has 0 heterocycles. The van der Waals surface area contributed by atoms with E-state index in [1.165, 1.54) is 5.56 Å². The highest BCUT2D eigenvalue weighted by molar-refractivity contribution is 5.34. The third-order valence-electron chi connectivity index (χ3n) is 2.93. The van der Waals surface area contributed by atoms with Gasteiger partial charge in [-0.25, -0.2) is 0 Å². The van der Waals surface area contributed by atoms with Crippen molar-refractivity contribution in [3.8, 4) is 11.5 Å². The summed E-state index contributed by atoms with van der Waals surface area (Å²) in [7, 11) is 0. The fraction of sp³-hybridized carbons (Fsp3) is 0.250. The van der Waals surface area contributed by atoms with Crippen molar-refractivity contribution in [2.75, 3.05) is 0 Å². The van der Waals surface area contributed by atoms with Gasteiger partial charge in [0.1, 0.15) is 11.5 Å². The summed E-state index contributed by atoms with van der Waals surface area (Å²) in [5.74, 6) is 1.61. The molecule has 0 aliphatic carbocycles. The lowest BCUT2D eigenvalue weighted by Crippen LogP contribution is -1.91. The zero-order valence-corrected chi connectivity index (χ0v) is 10.8. The molecule has 94 valence electrons. The summed E-state index contributed by atoms with van der Waals surface area (Å²) < 4.78 is 5.73. The summed E-state index contributed by atoms with van der Waals surface area (Å²) in [6, 6.07) is 15.6. The van der Waals surface area contributed by atoms with Crippen LogP contribution in [0.15, 0.2) is 48.5 Å². The fourth-order valence-corrected chi connectivity index (χ4v) is 1.74. The van der Waals surface area contributed by atoms with Gasteiger partial charge in [-0.1, -0.05) is 31.2 Å². The topological polar surface area (TPSA) is 29.5 Å². The molecular formula is C16H18O2. The van der Waals surface area contributed by atoms with Crippen molar-refractivity contribution in [1.82, 2.24) is 0 Å². The zero-order chi connectivity index (χ0) is 13.0. The van der Waals surface area contributed by atoms with Crippen molar-refractivity contribution in [2.45, 2.75) is 26.4 Å². The Balaban J connectivity index is 2.08. The van der Waals surface area contributed by atoms with Crippen LogP contribution in [0.2, 0.25) is 0 Å². The summed E-state index contributed by atoms with van der Waals surface area (Å²) in [4.78, 5) is 0. The second-order valence-electron chi connectivity index (χ2n) is 4.34. The minimum Gasteiger partial charge on any atom is -0.457 e. The molecule has 1 N–H and O–H groups in total. The minimum absolute atomic E-state index is 0.442. The van der Waals surface area contributed by atoms with Crippen LogP contribution in [-0.2, 0) is 6.42 Å². The number of rotatable bonds is 4. The Morgan fingerprint density at radius 1 is 0.944 bits per heavy atom. The third kappa shape index (κ3) is 3.11. The quantitative estimate of drug-likeness (QED) is 0.874. The van der Waals surface area contributed by atoms with E-state index in [2.05, 4.69) is 19.1 Å². The lowest BCUT2D eigenvalue weighted by Gasteiger charge is -2.08. The third-order valence-corrected chi connectivity index (χ3v) is 2.93. The number of aliphatic hydroxyl groups is 1. The van der Waals surface area contributed by atoms with Gasteiger partial charge in [0.2, 0.25) is 0 Å². The van der Waals surface area contributed by atoms with Crippen LogP contribution in [-0.4, -0.2) is 5.11 Å². The Morgan fingerprint density at radius 3 is 1.89 bits per heavy atom. The van der Waals surface area contributed by atoms with E-state index in [-0.39, 0.29) is 0 Å². The van der Waals surface area contributed by atoms with Crippen LogP contribution in [0.25, 0.3) is 0 Å². The summed E-state index contributed by atoms with van der Waals surface area (Å²) in [5.41, 5.74) is 2.19. The van der Waals surface area contributed by atoms with Gasteiger partial charge in [0.05, 0.1) is 6.10 Å². The summed E-state index contributed by atoms with van der Waals surface area (Å²) in [6.07, 6.45) is 0.589. The molecule has 0 saturated carbocycles. The van der Waals surface area contributed by atoms with E-state index in [0.29, 0.717) is 0 Å². The van der Waals surface area contributed by atoms with Crippen LogP contribution in [0.1, 0.15) is 31.1 Å². The van der Waals surface area contributed by atoms with Gasteiger partial charge in [-0.2, -0.15) is 0 Å². The molecule has 0 aromatic heterocycles. The molecule has 0 aliphatic heterocycles. The monoisotopic (exact) mass is 242 g/mol. The van der Waals surface area contributed by atoms with Crippen LogP contribution in [0.5, 0.6) is 11.5 Å². The standard InChI is InChI=1S/C16H18O2/c1-3-13-4-8-15(9-5-13)18-16-10-6-14(7-11-16)12(2)17/h4-12,17H,3H2,1-2H3. The molecule has 1 unspecified atom stereocenters. The normalized spacial score (nSPS) is 12.2. The van der Waals surface area contributed by atoms with E-state index in [0.717, 1.165) is 23.5 Å². The van der Waals surface area contributed by atoms with Crippen molar-refractivity contribution in [2.24, 2.45) is 0 Å². The Bertz CT molecular complexity index is 484. The highest BCUT2D eigenvalue weighted by Crippen LogP contribution is 2.23. The maximum Gasteiger partial charge on any atom is 0.127 e. The molecule has 2 aromatic carbocycles. The van der Waals surface area contributed by atoms with Crippen molar-refractivity contribution in [1.29, 1.82) is 0 Å². The van der Waals surface area contributed by atoms with Gasteiger partial charge in [-0.15, -0.1) is 0 Å². The highest BCUT2D eigenvalue weighted by atomic mass is 16.5. The molecule has 2 rings (SSSR count). The van der Waals surface area contributed by atoms with Crippen molar-refractivity contribution < 1.29 is 9.84 Å². The number of benzene rings is 2. The summed E-state index contributed by atoms with van der Waals surface area (Å²) in [6.45, 7) is 3.88. The maximum atomic E-state index is 9.42. The van der Waals surface area contributed by atoms with Gasteiger partial charge >= 0.3 is 0 Å². The Kier molecular flexibility index (Phi) is 4.00. The molecule has 0 saturated heterocycles. The van der Waals surface area contributed by atoms with Crippen LogP contribution in [0, 0.1) is 0 Å². The first kappa shape index (κ1) is 12.7. The largest absolute Gasteiger partial charge is 0.457 e. The highest BCUT2D eigenvalue weighted by Gasteiger charge is 2.01.